The maximum Gasteiger partial charge on any atom is 0.143 e. The fraction of sp³-hybridized carbons (Fsp3) is 0. The molecule has 0 aliphatic heterocycles. The molecule has 0 saturated carbocycles. The summed E-state index contributed by atoms with van der Waals surface area (Å²) in [5.74, 6) is 1.82. The van der Waals surface area contributed by atoms with E-state index in [4.69, 9.17) is 4.42 Å². The van der Waals surface area contributed by atoms with E-state index in [1.807, 2.05) is 48.5 Å². The number of hydrogen-bond donors (Lipinski definition) is 0. The lowest BCUT2D eigenvalue weighted by Gasteiger charge is -2.01. The van der Waals surface area contributed by atoms with Gasteiger partial charge in [0.2, 0.25) is 0 Å². The van der Waals surface area contributed by atoms with Gasteiger partial charge in [-0.3, -0.25) is 0 Å². The molecule has 3 aromatic carbocycles. The number of fused-ring (bicyclic) bond motifs is 1. The van der Waals surface area contributed by atoms with Crippen LogP contribution in [0.25, 0.3) is 33.4 Å². The van der Waals surface area contributed by atoms with Crippen LogP contribution in [0.2, 0.25) is 0 Å². The van der Waals surface area contributed by atoms with Crippen LogP contribution in [0.5, 0.6) is 0 Å². The SMILES string of the molecule is Brc1ccccc1-c1oc(-c2ccccc2)c2ccccc12. The van der Waals surface area contributed by atoms with Gasteiger partial charge in [-0.15, -0.1) is 0 Å². The van der Waals surface area contributed by atoms with Gasteiger partial charge in [0.15, 0.2) is 0 Å². The lowest BCUT2D eigenvalue weighted by Crippen LogP contribution is -1.76. The summed E-state index contributed by atoms with van der Waals surface area (Å²) in [7, 11) is 0. The van der Waals surface area contributed by atoms with Crippen molar-refractivity contribution in [1.82, 2.24) is 0 Å². The van der Waals surface area contributed by atoms with Crippen LogP contribution in [0.15, 0.2) is 87.8 Å². The van der Waals surface area contributed by atoms with Gasteiger partial charge in [0.05, 0.1) is 0 Å². The summed E-state index contributed by atoms with van der Waals surface area (Å²) in [5.41, 5.74) is 2.16. The van der Waals surface area contributed by atoms with Crippen LogP contribution in [-0.4, -0.2) is 0 Å². The van der Waals surface area contributed by atoms with Crippen molar-refractivity contribution in [2.75, 3.05) is 0 Å². The Morgan fingerprint density at radius 3 is 1.91 bits per heavy atom. The van der Waals surface area contributed by atoms with Crippen molar-refractivity contribution >= 4 is 26.7 Å². The van der Waals surface area contributed by atoms with Crippen LogP contribution < -0.4 is 0 Å². The molecule has 0 bridgehead atoms. The first kappa shape index (κ1) is 13.4. The molecule has 0 saturated heterocycles. The third-order valence-electron chi connectivity index (χ3n) is 3.77. The highest BCUT2D eigenvalue weighted by atomic mass is 79.9. The molecular weight excluding hydrogens is 336 g/mol. The van der Waals surface area contributed by atoms with Crippen LogP contribution in [0, 0.1) is 0 Å². The standard InChI is InChI=1S/C20H13BrO/c21-18-13-7-6-12-17(18)20-16-11-5-4-10-15(16)19(22-20)14-8-2-1-3-9-14/h1-13H. The second kappa shape index (κ2) is 5.47. The molecule has 0 radical (unpaired) electrons. The van der Waals surface area contributed by atoms with Crippen LogP contribution in [-0.2, 0) is 0 Å². The van der Waals surface area contributed by atoms with E-state index in [-0.39, 0.29) is 0 Å². The minimum absolute atomic E-state index is 0.905. The normalized spacial score (nSPS) is 11.0. The summed E-state index contributed by atoms with van der Waals surface area (Å²) >= 11 is 3.62. The van der Waals surface area contributed by atoms with Crippen molar-refractivity contribution < 1.29 is 4.42 Å². The van der Waals surface area contributed by atoms with Gasteiger partial charge < -0.3 is 4.42 Å². The number of hydrogen-bond acceptors (Lipinski definition) is 1. The van der Waals surface area contributed by atoms with E-state index in [2.05, 4.69) is 46.3 Å². The Hall–Kier alpha value is -2.32. The third kappa shape index (κ3) is 2.16. The second-order valence-electron chi connectivity index (χ2n) is 5.15. The molecule has 4 aromatic rings. The lowest BCUT2D eigenvalue weighted by molar-refractivity contribution is 0.601. The van der Waals surface area contributed by atoms with Gasteiger partial charge in [0, 0.05) is 26.4 Å². The number of benzene rings is 3. The Morgan fingerprint density at radius 2 is 1.18 bits per heavy atom. The Morgan fingerprint density at radius 1 is 0.591 bits per heavy atom. The fourth-order valence-corrected chi connectivity index (χ4v) is 3.21. The third-order valence-corrected chi connectivity index (χ3v) is 4.47. The average Bonchev–Trinajstić information content (AvgIpc) is 2.96. The van der Waals surface area contributed by atoms with Crippen molar-refractivity contribution in [3.05, 3.63) is 83.3 Å². The van der Waals surface area contributed by atoms with E-state index >= 15 is 0 Å². The minimum Gasteiger partial charge on any atom is -0.455 e. The lowest BCUT2D eigenvalue weighted by atomic mass is 10.0. The van der Waals surface area contributed by atoms with E-state index < -0.39 is 0 Å². The highest BCUT2D eigenvalue weighted by molar-refractivity contribution is 9.10. The zero-order chi connectivity index (χ0) is 14.9. The van der Waals surface area contributed by atoms with Crippen LogP contribution in [0.3, 0.4) is 0 Å². The summed E-state index contributed by atoms with van der Waals surface area (Å²) in [6, 6.07) is 26.7. The molecule has 0 aliphatic carbocycles. The quantitative estimate of drug-likeness (QED) is 0.401. The molecule has 0 unspecified atom stereocenters. The molecular formula is C20H13BrO. The topological polar surface area (TPSA) is 13.1 Å². The Labute approximate surface area is 137 Å². The molecule has 0 aliphatic rings. The van der Waals surface area contributed by atoms with E-state index in [0.29, 0.717) is 0 Å². The van der Waals surface area contributed by atoms with Gasteiger partial charge >= 0.3 is 0 Å². The van der Waals surface area contributed by atoms with Crippen molar-refractivity contribution in [1.29, 1.82) is 0 Å². The molecule has 0 spiro atoms. The first-order valence-corrected chi connectivity index (χ1v) is 7.96. The predicted molar refractivity (Wildman–Crippen MR) is 94.8 cm³/mol. The predicted octanol–water partition coefficient (Wildman–Crippen LogP) is 6.53. The Bertz CT molecular complexity index is 938. The minimum atomic E-state index is 0.905. The van der Waals surface area contributed by atoms with Gasteiger partial charge in [-0.25, -0.2) is 0 Å². The maximum atomic E-state index is 6.29. The van der Waals surface area contributed by atoms with Crippen molar-refractivity contribution in [3.63, 3.8) is 0 Å². The summed E-state index contributed by atoms with van der Waals surface area (Å²) in [4.78, 5) is 0. The molecule has 22 heavy (non-hydrogen) atoms. The molecule has 2 heteroatoms. The van der Waals surface area contributed by atoms with Gasteiger partial charge in [-0.05, 0) is 6.07 Å². The van der Waals surface area contributed by atoms with E-state index in [9.17, 15) is 0 Å². The molecule has 0 amide bonds. The monoisotopic (exact) mass is 348 g/mol. The molecule has 106 valence electrons. The molecule has 0 fully saturated rings. The first-order valence-electron chi connectivity index (χ1n) is 7.16. The summed E-state index contributed by atoms with van der Waals surface area (Å²) < 4.78 is 7.32. The van der Waals surface area contributed by atoms with E-state index in [0.717, 1.165) is 37.9 Å². The van der Waals surface area contributed by atoms with Crippen LogP contribution >= 0.6 is 15.9 Å². The summed E-state index contributed by atoms with van der Waals surface area (Å²) in [5, 5.41) is 2.27. The van der Waals surface area contributed by atoms with Gasteiger partial charge in [-0.1, -0.05) is 88.7 Å². The van der Waals surface area contributed by atoms with Gasteiger partial charge in [0.1, 0.15) is 11.5 Å². The highest BCUT2D eigenvalue weighted by Gasteiger charge is 2.16. The zero-order valence-electron chi connectivity index (χ0n) is 11.8. The molecule has 1 heterocycles. The number of rotatable bonds is 2. The molecule has 0 N–H and O–H groups in total. The number of furan rings is 1. The molecule has 1 nitrogen and oxygen atoms in total. The zero-order valence-corrected chi connectivity index (χ0v) is 13.4. The van der Waals surface area contributed by atoms with Gasteiger partial charge in [0.25, 0.3) is 0 Å². The van der Waals surface area contributed by atoms with Crippen LogP contribution in [0.1, 0.15) is 0 Å². The Balaban J connectivity index is 2.04. The molecule has 4 rings (SSSR count). The Kier molecular flexibility index (Phi) is 3.32. The maximum absolute atomic E-state index is 6.29. The van der Waals surface area contributed by atoms with E-state index in [1.165, 1.54) is 0 Å². The average molecular weight is 349 g/mol. The number of halogens is 1. The molecule has 0 atom stereocenters. The highest BCUT2D eigenvalue weighted by Crippen LogP contribution is 2.41. The first-order chi connectivity index (χ1) is 10.8. The summed E-state index contributed by atoms with van der Waals surface area (Å²) in [6.07, 6.45) is 0. The van der Waals surface area contributed by atoms with E-state index in [1.54, 1.807) is 0 Å². The smallest absolute Gasteiger partial charge is 0.143 e. The fourth-order valence-electron chi connectivity index (χ4n) is 2.74. The van der Waals surface area contributed by atoms with Crippen molar-refractivity contribution in [3.8, 4) is 22.6 Å². The van der Waals surface area contributed by atoms with Gasteiger partial charge in [-0.2, -0.15) is 0 Å². The molecule has 1 aromatic heterocycles. The second-order valence-corrected chi connectivity index (χ2v) is 6.01. The van der Waals surface area contributed by atoms with Crippen LogP contribution in [0.4, 0.5) is 0 Å². The van der Waals surface area contributed by atoms with Crippen molar-refractivity contribution in [2.24, 2.45) is 0 Å². The summed E-state index contributed by atoms with van der Waals surface area (Å²) in [6.45, 7) is 0. The van der Waals surface area contributed by atoms with Crippen molar-refractivity contribution in [2.45, 2.75) is 0 Å². The largest absolute Gasteiger partial charge is 0.455 e.